The topological polar surface area (TPSA) is 62.7 Å². The Morgan fingerprint density at radius 1 is 1.58 bits per heavy atom. The summed E-state index contributed by atoms with van der Waals surface area (Å²) < 4.78 is 2.86. The van der Waals surface area contributed by atoms with Crippen molar-refractivity contribution >= 4 is 21.8 Å². The van der Waals surface area contributed by atoms with E-state index in [-0.39, 0.29) is 11.9 Å². The minimum atomic E-state index is -0.0639. The molecule has 0 aliphatic rings. The number of nitrogens with zero attached hydrogens (tertiary/aromatic N) is 2. The van der Waals surface area contributed by atoms with E-state index in [0.717, 1.165) is 10.3 Å². The predicted molar refractivity (Wildman–Crippen MR) is 77.1 cm³/mol. The summed E-state index contributed by atoms with van der Waals surface area (Å²) in [5, 5.41) is 2.91. The van der Waals surface area contributed by atoms with Crippen LogP contribution in [0, 0.1) is 0 Å². The zero-order chi connectivity index (χ0) is 13.8. The van der Waals surface area contributed by atoms with Crippen molar-refractivity contribution in [2.45, 2.75) is 26.3 Å². The van der Waals surface area contributed by atoms with E-state index in [9.17, 15) is 4.79 Å². The maximum absolute atomic E-state index is 12.1. The Bertz CT molecular complexity index is 545. The molecule has 0 aliphatic heterocycles. The number of nitrogens with one attached hydrogen (secondary N) is 2. The largest absolute Gasteiger partial charge is 0.350 e. The fraction of sp³-hybridized carbons (Fsp3) is 0.385. The maximum atomic E-state index is 12.1. The molecule has 6 heteroatoms. The molecule has 2 N–H and O–H groups in total. The zero-order valence-corrected chi connectivity index (χ0v) is 12.6. The predicted octanol–water partition coefficient (Wildman–Crippen LogP) is 2.53. The normalized spacial score (nSPS) is 10.9. The molecule has 19 heavy (non-hydrogen) atoms. The second kappa shape index (κ2) is 6.06. The van der Waals surface area contributed by atoms with Gasteiger partial charge in [-0.1, -0.05) is 0 Å². The molecule has 2 aromatic rings. The molecule has 102 valence electrons. The molecule has 2 rings (SSSR count). The Labute approximate surface area is 120 Å². The van der Waals surface area contributed by atoms with Crippen LogP contribution in [0.5, 0.6) is 0 Å². The molecule has 0 atom stereocenters. The summed E-state index contributed by atoms with van der Waals surface area (Å²) in [4.78, 5) is 19.3. The molecule has 0 spiro atoms. The van der Waals surface area contributed by atoms with Crippen LogP contribution in [0.4, 0.5) is 0 Å². The van der Waals surface area contributed by atoms with Gasteiger partial charge in [0.1, 0.15) is 11.5 Å². The Morgan fingerprint density at radius 3 is 3.00 bits per heavy atom. The molecule has 0 fully saturated rings. The van der Waals surface area contributed by atoms with Crippen molar-refractivity contribution in [3.8, 4) is 0 Å². The van der Waals surface area contributed by atoms with Gasteiger partial charge in [0.15, 0.2) is 0 Å². The van der Waals surface area contributed by atoms with Gasteiger partial charge in [0.05, 0.1) is 0 Å². The Kier molecular flexibility index (Phi) is 4.42. The maximum Gasteiger partial charge on any atom is 0.267 e. The highest BCUT2D eigenvalue weighted by molar-refractivity contribution is 9.10. The third-order valence-corrected chi connectivity index (χ3v) is 3.24. The van der Waals surface area contributed by atoms with E-state index in [0.29, 0.717) is 18.7 Å². The first-order valence-corrected chi connectivity index (χ1v) is 7.01. The number of hydrogen-bond acceptors (Lipinski definition) is 2. The van der Waals surface area contributed by atoms with Crippen LogP contribution in [0.1, 0.15) is 36.2 Å². The van der Waals surface area contributed by atoms with E-state index >= 15 is 0 Å². The molecular formula is C13H17BrN4O. The molecule has 0 aromatic carbocycles. The van der Waals surface area contributed by atoms with E-state index in [1.54, 1.807) is 12.4 Å². The van der Waals surface area contributed by atoms with E-state index in [2.05, 4.69) is 31.2 Å². The number of carbonyl (C=O) groups is 1. The number of amides is 1. The van der Waals surface area contributed by atoms with Crippen LogP contribution in [0.3, 0.4) is 0 Å². The molecule has 5 nitrogen and oxygen atoms in total. The Hall–Kier alpha value is -1.56. The lowest BCUT2D eigenvalue weighted by Gasteiger charge is -2.12. The van der Waals surface area contributed by atoms with Crippen LogP contribution in [0.25, 0.3) is 0 Å². The van der Waals surface area contributed by atoms with Crippen LogP contribution in [-0.2, 0) is 6.42 Å². The lowest BCUT2D eigenvalue weighted by molar-refractivity contribution is 0.0943. The van der Waals surface area contributed by atoms with Crippen LogP contribution >= 0.6 is 15.9 Å². The van der Waals surface area contributed by atoms with Crippen molar-refractivity contribution in [1.82, 2.24) is 19.9 Å². The molecule has 0 unspecified atom stereocenters. The molecule has 1 amide bonds. The Morgan fingerprint density at radius 2 is 2.37 bits per heavy atom. The van der Waals surface area contributed by atoms with Gasteiger partial charge < -0.3 is 14.9 Å². The van der Waals surface area contributed by atoms with Crippen LogP contribution in [0.2, 0.25) is 0 Å². The highest BCUT2D eigenvalue weighted by Crippen LogP contribution is 2.19. The summed E-state index contributed by atoms with van der Waals surface area (Å²) in [7, 11) is 0. The average Bonchev–Trinajstić information content (AvgIpc) is 2.98. The number of carbonyl (C=O) groups excluding carboxylic acids is 1. The fourth-order valence-electron chi connectivity index (χ4n) is 1.87. The number of H-pyrrole nitrogens is 1. The molecular weight excluding hydrogens is 308 g/mol. The van der Waals surface area contributed by atoms with Gasteiger partial charge in [0, 0.05) is 42.1 Å². The molecule has 2 heterocycles. The van der Waals surface area contributed by atoms with Crippen LogP contribution < -0.4 is 5.32 Å². The summed E-state index contributed by atoms with van der Waals surface area (Å²) in [6.45, 7) is 4.66. The van der Waals surface area contributed by atoms with Gasteiger partial charge in [-0.3, -0.25) is 4.79 Å². The highest BCUT2D eigenvalue weighted by atomic mass is 79.9. The van der Waals surface area contributed by atoms with Gasteiger partial charge >= 0.3 is 0 Å². The average molecular weight is 325 g/mol. The van der Waals surface area contributed by atoms with E-state index in [1.807, 2.05) is 30.7 Å². The quantitative estimate of drug-likeness (QED) is 0.887. The number of aromatic amines is 1. The lowest BCUT2D eigenvalue weighted by atomic mass is 10.3. The van der Waals surface area contributed by atoms with Gasteiger partial charge in [0.2, 0.25) is 0 Å². The number of rotatable bonds is 5. The van der Waals surface area contributed by atoms with E-state index in [4.69, 9.17) is 0 Å². The zero-order valence-electron chi connectivity index (χ0n) is 11.0. The van der Waals surface area contributed by atoms with Crippen molar-refractivity contribution in [1.29, 1.82) is 0 Å². The number of hydrogen-bond donors (Lipinski definition) is 2. The smallest absolute Gasteiger partial charge is 0.267 e. The summed E-state index contributed by atoms with van der Waals surface area (Å²) in [5.74, 6) is 0.812. The minimum Gasteiger partial charge on any atom is -0.350 e. The molecule has 2 aromatic heterocycles. The van der Waals surface area contributed by atoms with Crippen molar-refractivity contribution in [3.05, 3.63) is 40.6 Å². The molecule has 0 saturated carbocycles. The molecule has 0 saturated heterocycles. The van der Waals surface area contributed by atoms with E-state index < -0.39 is 0 Å². The van der Waals surface area contributed by atoms with E-state index in [1.165, 1.54) is 0 Å². The van der Waals surface area contributed by atoms with Crippen LogP contribution in [0.15, 0.2) is 29.1 Å². The highest BCUT2D eigenvalue weighted by Gasteiger charge is 2.14. The summed E-state index contributed by atoms with van der Waals surface area (Å²) in [6, 6.07) is 2.08. The second-order valence-corrected chi connectivity index (χ2v) is 5.50. The van der Waals surface area contributed by atoms with Crippen molar-refractivity contribution < 1.29 is 4.79 Å². The second-order valence-electron chi connectivity index (χ2n) is 4.59. The number of imidazole rings is 1. The standard InChI is InChI=1S/C13H17BrN4O/c1-9(2)18-8-10(14)7-11(18)13(19)17-4-3-12-15-5-6-16-12/h5-9H,3-4H2,1-2H3,(H,15,16)(H,17,19). The molecule has 0 radical (unpaired) electrons. The van der Waals surface area contributed by atoms with Gasteiger partial charge in [0.25, 0.3) is 5.91 Å². The van der Waals surface area contributed by atoms with Crippen molar-refractivity contribution in [2.24, 2.45) is 0 Å². The first-order valence-electron chi connectivity index (χ1n) is 6.21. The summed E-state index contributed by atoms with van der Waals surface area (Å²) >= 11 is 3.40. The molecule has 0 bridgehead atoms. The fourth-order valence-corrected chi connectivity index (χ4v) is 2.31. The van der Waals surface area contributed by atoms with Crippen molar-refractivity contribution in [2.75, 3.05) is 6.54 Å². The third kappa shape index (κ3) is 3.47. The lowest BCUT2D eigenvalue weighted by Crippen LogP contribution is -2.28. The van der Waals surface area contributed by atoms with Crippen LogP contribution in [-0.4, -0.2) is 27.0 Å². The monoisotopic (exact) mass is 324 g/mol. The first-order chi connectivity index (χ1) is 9.08. The minimum absolute atomic E-state index is 0.0639. The first kappa shape index (κ1) is 13.9. The SMILES string of the molecule is CC(C)n1cc(Br)cc1C(=O)NCCc1ncc[nH]1. The number of aromatic nitrogens is 3. The van der Waals surface area contributed by atoms with Gasteiger partial charge in [-0.2, -0.15) is 0 Å². The molecule has 0 aliphatic carbocycles. The van der Waals surface area contributed by atoms with Gasteiger partial charge in [-0.15, -0.1) is 0 Å². The van der Waals surface area contributed by atoms with Gasteiger partial charge in [-0.05, 0) is 35.8 Å². The van der Waals surface area contributed by atoms with Gasteiger partial charge in [-0.25, -0.2) is 4.98 Å². The van der Waals surface area contributed by atoms with Crippen molar-refractivity contribution in [3.63, 3.8) is 0 Å². The third-order valence-electron chi connectivity index (χ3n) is 2.81. The Balaban J connectivity index is 1.96. The number of halogens is 1. The summed E-state index contributed by atoms with van der Waals surface area (Å²) in [5.41, 5.74) is 0.668. The summed E-state index contributed by atoms with van der Waals surface area (Å²) in [6.07, 6.45) is 6.10.